The van der Waals surface area contributed by atoms with Crippen molar-refractivity contribution in [3.05, 3.63) is 47.9 Å². The number of rotatable bonds is 2. The van der Waals surface area contributed by atoms with Crippen LogP contribution in [0.3, 0.4) is 0 Å². The molecular weight excluding hydrogens is 240 g/mol. The zero-order chi connectivity index (χ0) is 13.1. The van der Waals surface area contributed by atoms with Gasteiger partial charge in [-0.3, -0.25) is 4.98 Å². The first-order valence-corrected chi connectivity index (χ1v) is 6.33. The fourth-order valence-corrected chi connectivity index (χ4v) is 2.17. The molecule has 3 rings (SSSR count). The minimum atomic E-state index is 0.405. The molecule has 1 aliphatic heterocycles. The molecule has 0 unspecified atom stereocenters. The Morgan fingerprint density at radius 2 is 2.16 bits per heavy atom. The van der Waals surface area contributed by atoms with Crippen LogP contribution in [-0.2, 0) is 13.1 Å². The predicted molar refractivity (Wildman–Crippen MR) is 72.9 cm³/mol. The minimum absolute atomic E-state index is 0.405. The van der Waals surface area contributed by atoms with E-state index in [2.05, 4.69) is 20.9 Å². The van der Waals surface area contributed by atoms with E-state index in [9.17, 15) is 0 Å². The fraction of sp³-hybridized carbons (Fsp3) is 0.286. The number of fused-ring (bicyclic) bond motifs is 1. The van der Waals surface area contributed by atoms with Gasteiger partial charge < -0.3 is 15.4 Å². The average molecular weight is 256 g/mol. The van der Waals surface area contributed by atoms with Crippen molar-refractivity contribution < 1.29 is 4.74 Å². The molecule has 0 saturated carbocycles. The van der Waals surface area contributed by atoms with Gasteiger partial charge in [-0.2, -0.15) is 0 Å². The van der Waals surface area contributed by atoms with Crippen LogP contribution < -0.4 is 15.4 Å². The Labute approximate surface area is 112 Å². The van der Waals surface area contributed by atoms with E-state index in [0.29, 0.717) is 13.2 Å². The summed E-state index contributed by atoms with van der Waals surface area (Å²) in [5, 5.41) is 0. The van der Waals surface area contributed by atoms with Gasteiger partial charge >= 0.3 is 0 Å². The molecule has 0 aliphatic carbocycles. The normalized spacial score (nSPS) is 14.5. The van der Waals surface area contributed by atoms with Crippen LogP contribution in [0.1, 0.15) is 11.3 Å². The quantitative estimate of drug-likeness (QED) is 0.878. The molecule has 2 heterocycles. The highest BCUT2D eigenvalue weighted by atomic mass is 16.5. The highest BCUT2D eigenvalue weighted by Gasteiger charge is 2.16. The molecule has 0 atom stereocenters. The number of aromatic nitrogens is 2. The lowest BCUT2D eigenvalue weighted by molar-refractivity contribution is 0.331. The summed E-state index contributed by atoms with van der Waals surface area (Å²) in [5.41, 5.74) is 7.58. The standard InChI is InChI=1S/C14H16N4O/c15-7-12-8-16-9-14(17-12)18-5-6-19-13-4-2-1-3-11(13)10-18/h1-4,8-9H,5-7,10,15H2. The molecule has 19 heavy (non-hydrogen) atoms. The summed E-state index contributed by atoms with van der Waals surface area (Å²) in [7, 11) is 0. The SMILES string of the molecule is NCc1cncc(N2CCOc3ccccc3C2)n1. The Morgan fingerprint density at radius 3 is 3.05 bits per heavy atom. The van der Waals surface area contributed by atoms with Crippen LogP contribution in [0.25, 0.3) is 0 Å². The third-order valence-corrected chi connectivity index (χ3v) is 3.16. The van der Waals surface area contributed by atoms with Crippen LogP contribution in [0.15, 0.2) is 36.7 Å². The van der Waals surface area contributed by atoms with E-state index in [1.54, 1.807) is 12.4 Å². The lowest BCUT2D eigenvalue weighted by Gasteiger charge is -2.20. The molecule has 0 radical (unpaired) electrons. The molecule has 0 bridgehead atoms. The first-order valence-electron chi connectivity index (χ1n) is 6.33. The van der Waals surface area contributed by atoms with E-state index >= 15 is 0 Å². The fourth-order valence-electron chi connectivity index (χ4n) is 2.17. The largest absolute Gasteiger partial charge is 0.491 e. The van der Waals surface area contributed by atoms with Crippen molar-refractivity contribution in [2.75, 3.05) is 18.1 Å². The summed E-state index contributed by atoms with van der Waals surface area (Å²) in [6, 6.07) is 8.09. The van der Waals surface area contributed by atoms with Crippen LogP contribution in [-0.4, -0.2) is 23.1 Å². The van der Waals surface area contributed by atoms with Crippen molar-refractivity contribution in [2.45, 2.75) is 13.1 Å². The Bertz CT molecular complexity index is 573. The maximum Gasteiger partial charge on any atom is 0.147 e. The van der Waals surface area contributed by atoms with Crippen molar-refractivity contribution >= 4 is 5.82 Å². The van der Waals surface area contributed by atoms with Gasteiger partial charge in [0.05, 0.1) is 18.4 Å². The maximum atomic E-state index is 5.74. The second kappa shape index (κ2) is 5.24. The van der Waals surface area contributed by atoms with E-state index < -0.39 is 0 Å². The van der Waals surface area contributed by atoms with Gasteiger partial charge in [-0.1, -0.05) is 18.2 Å². The lowest BCUT2D eigenvalue weighted by Crippen LogP contribution is -2.26. The number of hydrogen-bond donors (Lipinski definition) is 1. The summed E-state index contributed by atoms with van der Waals surface area (Å²) < 4.78 is 5.74. The Balaban J connectivity index is 1.89. The minimum Gasteiger partial charge on any atom is -0.491 e. The van der Waals surface area contributed by atoms with E-state index in [1.165, 1.54) is 5.56 Å². The lowest BCUT2D eigenvalue weighted by atomic mass is 10.2. The van der Waals surface area contributed by atoms with Gasteiger partial charge in [-0.05, 0) is 6.07 Å². The monoisotopic (exact) mass is 256 g/mol. The van der Waals surface area contributed by atoms with Crippen molar-refractivity contribution in [3.63, 3.8) is 0 Å². The number of benzene rings is 1. The third-order valence-electron chi connectivity index (χ3n) is 3.16. The highest BCUT2D eigenvalue weighted by Crippen LogP contribution is 2.24. The maximum absolute atomic E-state index is 5.74. The van der Waals surface area contributed by atoms with Crippen LogP contribution in [0, 0.1) is 0 Å². The van der Waals surface area contributed by atoms with Crippen LogP contribution >= 0.6 is 0 Å². The molecule has 1 aromatic heterocycles. The number of nitrogens with zero attached hydrogens (tertiary/aromatic N) is 3. The van der Waals surface area contributed by atoms with Crippen LogP contribution in [0.2, 0.25) is 0 Å². The summed E-state index contributed by atoms with van der Waals surface area (Å²) in [6.45, 7) is 2.61. The molecule has 0 amide bonds. The van der Waals surface area contributed by atoms with Gasteiger partial charge in [0, 0.05) is 24.8 Å². The molecular formula is C14H16N4O. The molecule has 2 N–H and O–H groups in total. The predicted octanol–water partition coefficient (Wildman–Crippen LogP) is 1.33. The van der Waals surface area contributed by atoms with Crippen LogP contribution in [0.5, 0.6) is 5.75 Å². The number of nitrogens with two attached hydrogens (primary N) is 1. The number of para-hydroxylation sites is 1. The number of ether oxygens (including phenoxy) is 1. The smallest absolute Gasteiger partial charge is 0.147 e. The van der Waals surface area contributed by atoms with Gasteiger partial charge in [-0.25, -0.2) is 4.98 Å². The zero-order valence-corrected chi connectivity index (χ0v) is 10.6. The summed E-state index contributed by atoms with van der Waals surface area (Å²) >= 11 is 0. The van der Waals surface area contributed by atoms with E-state index in [0.717, 1.165) is 30.4 Å². The first kappa shape index (κ1) is 11.9. The summed E-state index contributed by atoms with van der Waals surface area (Å²) in [6.07, 6.45) is 3.47. The Morgan fingerprint density at radius 1 is 1.26 bits per heavy atom. The molecule has 0 spiro atoms. The second-order valence-electron chi connectivity index (χ2n) is 4.45. The molecule has 98 valence electrons. The highest BCUT2D eigenvalue weighted by molar-refractivity contribution is 5.43. The average Bonchev–Trinajstić information content (AvgIpc) is 2.69. The second-order valence-corrected chi connectivity index (χ2v) is 4.45. The Hall–Kier alpha value is -2.14. The molecule has 1 aliphatic rings. The number of hydrogen-bond acceptors (Lipinski definition) is 5. The van der Waals surface area contributed by atoms with E-state index in [-0.39, 0.29) is 0 Å². The number of anilines is 1. The topological polar surface area (TPSA) is 64.3 Å². The van der Waals surface area contributed by atoms with Crippen molar-refractivity contribution in [3.8, 4) is 5.75 Å². The van der Waals surface area contributed by atoms with E-state index in [1.807, 2.05) is 18.2 Å². The molecule has 5 heteroatoms. The Kier molecular flexibility index (Phi) is 3.29. The summed E-state index contributed by atoms with van der Waals surface area (Å²) in [5.74, 6) is 1.80. The molecule has 1 aromatic carbocycles. The molecule has 5 nitrogen and oxygen atoms in total. The third kappa shape index (κ3) is 2.51. The summed E-state index contributed by atoms with van der Waals surface area (Å²) in [4.78, 5) is 10.9. The van der Waals surface area contributed by atoms with Gasteiger partial charge in [-0.15, -0.1) is 0 Å². The molecule has 0 fully saturated rings. The zero-order valence-electron chi connectivity index (χ0n) is 10.6. The van der Waals surface area contributed by atoms with Crippen molar-refractivity contribution in [1.29, 1.82) is 0 Å². The van der Waals surface area contributed by atoms with Crippen LogP contribution in [0.4, 0.5) is 5.82 Å². The van der Waals surface area contributed by atoms with Crippen molar-refractivity contribution in [1.82, 2.24) is 9.97 Å². The molecule has 0 saturated heterocycles. The van der Waals surface area contributed by atoms with Crippen molar-refractivity contribution in [2.24, 2.45) is 5.73 Å². The van der Waals surface area contributed by atoms with Gasteiger partial charge in [0.1, 0.15) is 18.2 Å². The van der Waals surface area contributed by atoms with Gasteiger partial charge in [0.2, 0.25) is 0 Å². The van der Waals surface area contributed by atoms with Gasteiger partial charge in [0.15, 0.2) is 0 Å². The van der Waals surface area contributed by atoms with E-state index in [4.69, 9.17) is 10.5 Å². The first-order chi connectivity index (χ1) is 9.36. The van der Waals surface area contributed by atoms with Gasteiger partial charge in [0.25, 0.3) is 0 Å². The molecule has 2 aromatic rings.